The molecule has 2 aromatic carbocycles. The first-order valence-electron chi connectivity index (χ1n) is 7.80. The number of benzene rings is 2. The third kappa shape index (κ3) is 5.15. The van der Waals surface area contributed by atoms with Gasteiger partial charge in [-0.05, 0) is 53.8 Å². The fourth-order valence-electron chi connectivity index (χ4n) is 2.29. The summed E-state index contributed by atoms with van der Waals surface area (Å²) >= 11 is 12.1. The lowest BCUT2D eigenvalue weighted by Gasteiger charge is -2.16. The normalized spacial score (nSPS) is 10.8. The van der Waals surface area contributed by atoms with Crippen LogP contribution in [0, 0.1) is 6.92 Å². The van der Waals surface area contributed by atoms with E-state index in [0.717, 1.165) is 16.7 Å². The smallest absolute Gasteiger partial charge is 0.258 e. The maximum Gasteiger partial charge on any atom is 0.258 e. The first-order valence-corrected chi connectivity index (χ1v) is 8.56. The van der Waals surface area contributed by atoms with Crippen molar-refractivity contribution in [2.75, 3.05) is 6.61 Å². The van der Waals surface area contributed by atoms with Crippen LogP contribution >= 0.6 is 23.2 Å². The molecule has 0 heterocycles. The molecule has 0 radical (unpaired) electrons. The molecule has 0 saturated carbocycles. The van der Waals surface area contributed by atoms with Crippen molar-refractivity contribution in [3.05, 3.63) is 63.1 Å². The summed E-state index contributed by atoms with van der Waals surface area (Å²) in [5.41, 5.74) is 2.87. The molecular formula is C19H21Cl2NO2. The Morgan fingerprint density at radius 3 is 2.62 bits per heavy atom. The van der Waals surface area contributed by atoms with Gasteiger partial charge in [-0.3, -0.25) is 4.79 Å². The summed E-state index contributed by atoms with van der Waals surface area (Å²) in [6.45, 7) is 6.42. The summed E-state index contributed by atoms with van der Waals surface area (Å²) in [7, 11) is 0. The van der Waals surface area contributed by atoms with Gasteiger partial charge in [0.25, 0.3) is 5.91 Å². The van der Waals surface area contributed by atoms with Crippen molar-refractivity contribution < 1.29 is 9.53 Å². The number of ether oxygens (including phenoxy) is 1. The van der Waals surface area contributed by atoms with Gasteiger partial charge in [0, 0.05) is 16.6 Å². The minimum absolute atomic E-state index is 0.0403. The van der Waals surface area contributed by atoms with Crippen molar-refractivity contribution in [3.8, 4) is 5.75 Å². The molecule has 0 bridgehead atoms. The van der Waals surface area contributed by atoms with Crippen LogP contribution in [0.3, 0.4) is 0 Å². The fraction of sp³-hybridized carbons (Fsp3) is 0.316. The number of aryl methyl sites for hydroxylation is 1. The van der Waals surface area contributed by atoms with Crippen LogP contribution in [0.2, 0.25) is 10.0 Å². The van der Waals surface area contributed by atoms with E-state index in [-0.39, 0.29) is 18.4 Å². The Morgan fingerprint density at radius 2 is 1.96 bits per heavy atom. The number of nitrogens with one attached hydrogen (secondary N) is 1. The van der Waals surface area contributed by atoms with Crippen LogP contribution in [0.15, 0.2) is 36.4 Å². The van der Waals surface area contributed by atoms with E-state index < -0.39 is 0 Å². The van der Waals surface area contributed by atoms with Crippen LogP contribution in [0.1, 0.15) is 36.5 Å². The molecule has 1 amide bonds. The Labute approximate surface area is 152 Å². The highest BCUT2D eigenvalue weighted by Crippen LogP contribution is 2.31. The summed E-state index contributed by atoms with van der Waals surface area (Å²) in [4.78, 5) is 12.0. The molecule has 0 atom stereocenters. The summed E-state index contributed by atoms with van der Waals surface area (Å²) in [5, 5.41) is 4.18. The molecule has 1 N–H and O–H groups in total. The van der Waals surface area contributed by atoms with Gasteiger partial charge in [-0.25, -0.2) is 0 Å². The Hall–Kier alpha value is -1.71. The highest BCUT2D eigenvalue weighted by atomic mass is 35.5. The highest BCUT2D eigenvalue weighted by molar-refractivity contribution is 6.31. The predicted octanol–water partition coefficient (Wildman–Crippen LogP) is 5.12. The first-order chi connectivity index (χ1) is 11.4. The Balaban J connectivity index is 1.95. The van der Waals surface area contributed by atoms with Gasteiger partial charge in [-0.2, -0.15) is 0 Å². The number of rotatable bonds is 6. The van der Waals surface area contributed by atoms with Crippen molar-refractivity contribution in [2.45, 2.75) is 33.2 Å². The number of hydrogen-bond donors (Lipinski definition) is 1. The number of halogens is 2. The van der Waals surface area contributed by atoms with Gasteiger partial charge in [0.1, 0.15) is 5.75 Å². The molecule has 24 heavy (non-hydrogen) atoms. The van der Waals surface area contributed by atoms with E-state index in [0.29, 0.717) is 22.3 Å². The molecule has 0 unspecified atom stereocenters. The van der Waals surface area contributed by atoms with Crippen LogP contribution in [0.5, 0.6) is 5.75 Å². The lowest BCUT2D eigenvalue weighted by Crippen LogP contribution is -2.28. The van der Waals surface area contributed by atoms with Crippen LogP contribution in [-0.2, 0) is 11.3 Å². The van der Waals surface area contributed by atoms with Crippen molar-refractivity contribution in [2.24, 2.45) is 0 Å². The molecule has 0 aliphatic carbocycles. The standard InChI is InChI=1S/C19H21Cl2NO2/c1-12(2)16-9-17(21)13(3)7-18(16)24-11-19(23)22-10-14-5-4-6-15(20)8-14/h4-9,12H,10-11H2,1-3H3,(H,22,23). The molecule has 3 nitrogen and oxygen atoms in total. The summed E-state index contributed by atoms with van der Waals surface area (Å²) in [5.74, 6) is 0.773. The second kappa shape index (κ2) is 8.41. The number of carbonyl (C=O) groups is 1. The molecule has 0 fully saturated rings. The van der Waals surface area contributed by atoms with Crippen LogP contribution in [0.4, 0.5) is 0 Å². The lowest BCUT2D eigenvalue weighted by atomic mass is 10.0. The Morgan fingerprint density at radius 1 is 1.21 bits per heavy atom. The summed E-state index contributed by atoms with van der Waals surface area (Å²) in [6, 6.07) is 11.2. The van der Waals surface area contributed by atoms with Gasteiger partial charge in [0.15, 0.2) is 6.61 Å². The van der Waals surface area contributed by atoms with E-state index in [1.165, 1.54) is 0 Å². The molecule has 2 rings (SSSR count). The van der Waals surface area contributed by atoms with Crippen molar-refractivity contribution >= 4 is 29.1 Å². The van der Waals surface area contributed by atoms with E-state index >= 15 is 0 Å². The molecule has 128 valence electrons. The molecule has 2 aromatic rings. The van der Waals surface area contributed by atoms with Gasteiger partial charge in [0.2, 0.25) is 0 Å². The zero-order chi connectivity index (χ0) is 17.7. The van der Waals surface area contributed by atoms with Gasteiger partial charge in [-0.15, -0.1) is 0 Å². The van der Waals surface area contributed by atoms with E-state index in [9.17, 15) is 4.79 Å². The largest absolute Gasteiger partial charge is 0.483 e. The van der Waals surface area contributed by atoms with Crippen molar-refractivity contribution in [1.82, 2.24) is 5.32 Å². The maximum atomic E-state index is 12.0. The van der Waals surface area contributed by atoms with Crippen LogP contribution in [-0.4, -0.2) is 12.5 Å². The van der Waals surface area contributed by atoms with E-state index in [2.05, 4.69) is 19.2 Å². The Bertz CT molecular complexity index is 729. The third-order valence-electron chi connectivity index (χ3n) is 3.65. The fourth-order valence-corrected chi connectivity index (χ4v) is 2.67. The SMILES string of the molecule is Cc1cc(OCC(=O)NCc2cccc(Cl)c2)c(C(C)C)cc1Cl. The molecule has 0 aliphatic rings. The molecule has 0 aliphatic heterocycles. The minimum atomic E-state index is -0.183. The quantitative estimate of drug-likeness (QED) is 0.771. The molecule has 0 aromatic heterocycles. The number of amides is 1. The van der Waals surface area contributed by atoms with Crippen LogP contribution < -0.4 is 10.1 Å². The summed E-state index contributed by atoms with van der Waals surface area (Å²) in [6.07, 6.45) is 0. The maximum absolute atomic E-state index is 12.0. The van der Waals surface area contributed by atoms with Gasteiger partial charge < -0.3 is 10.1 Å². The van der Waals surface area contributed by atoms with Crippen molar-refractivity contribution in [3.63, 3.8) is 0 Å². The van der Waals surface area contributed by atoms with Crippen LogP contribution in [0.25, 0.3) is 0 Å². The summed E-state index contributed by atoms with van der Waals surface area (Å²) < 4.78 is 5.71. The second-order valence-electron chi connectivity index (χ2n) is 5.99. The van der Waals surface area contributed by atoms with Gasteiger partial charge >= 0.3 is 0 Å². The average molecular weight is 366 g/mol. The van der Waals surface area contributed by atoms with Gasteiger partial charge in [-0.1, -0.05) is 49.2 Å². The molecule has 0 saturated heterocycles. The lowest BCUT2D eigenvalue weighted by molar-refractivity contribution is -0.123. The molecule has 5 heteroatoms. The third-order valence-corrected chi connectivity index (χ3v) is 4.29. The first kappa shape index (κ1) is 18.6. The molecule has 0 spiro atoms. The zero-order valence-electron chi connectivity index (χ0n) is 14.0. The second-order valence-corrected chi connectivity index (χ2v) is 6.83. The monoisotopic (exact) mass is 365 g/mol. The minimum Gasteiger partial charge on any atom is -0.483 e. The number of carbonyl (C=O) groups excluding carboxylic acids is 1. The van der Waals surface area contributed by atoms with E-state index in [1.54, 1.807) is 6.07 Å². The average Bonchev–Trinajstić information content (AvgIpc) is 2.53. The van der Waals surface area contributed by atoms with Crippen molar-refractivity contribution in [1.29, 1.82) is 0 Å². The van der Waals surface area contributed by atoms with Gasteiger partial charge in [0.05, 0.1) is 0 Å². The zero-order valence-corrected chi connectivity index (χ0v) is 15.5. The number of hydrogen-bond acceptors (Lipinski definition) is 2. The van der Waals surface area contributed by atoms with E-state index in [1.807, 2.05) is 37.3 Å². The topological polar surface area (TPSA) is 38.3 Å². The van der Waals surface area contributed by atoms with E-state index in [4.69, 9.17) is 27.9 Å². The highest BCUT2D eigenvalue weighted by Gasteiger charge is 2.12. The predicted molar refractivity (Wildman–Crippen MR) is 99.1 cm³/mol. The Kier molecular flexibility index (Phi) is 6.52. The molecular weight excluding hydrogens is 345 g/mol.